The molecule has 0 spiro atoms. The first-order chi connectivity index (χ1) is 12.1. The van der Waals surface area contributed by atoms with Gasteiger partial charge in [-0.3, -0.25) is 14.2 Å². The number of hydrogen-bond acceptors (Lipinski definition) is 6. The number of nitrogens with one attached hydrogen (secondary N) is 2. The molecule has 1 fully saturated rings. The Bertz CT molecular complexity index is 999. The van der Waals surface area contributed by atoms with Crippen molar-refractivity contribution in [1.29, 1.82) is 0 Å². The zero-order valence-corrected chi connectivity index (χ0v) is 14.7. The van der Waals surface area contributed by atoms with Gasteiger partial charge in [0.15, 0.2) is 0 Å². The number of hydrogen-bond donors (Lipinski definition) is 3. The van der Waals surface area contributed by atoms with Gasteiger partial charge in [-0.15, -0.1) is 12.4 Å². The SMILES string of the molecule is Cl.O=C(Cn1cnc2c(oc3ccccc32)c1=O)NCC1CNCC1O. The van der Waals surface area contributed by atoms with Gasteiger partial charge in [0, 0.05) is 30.9 Å². The number of amides is 1. The largest absolute Gasteiger partial charge is 0.448 e. The van der Waals surface area contributed by atoms with Crippen molar-refractivity contribution in [3.05, 3.63) is 40.9 Å². The molecule has 0 saturated carbocycles. The fraction of sp³-hybridized carbons (Fsp3) is 0.353. The first kappa shape index (κ1) is 18.4. The monoisotopic (exact) mass is 378 g/mol. The third kappa shape index (κ3) is 3.31. The summed E-state index contributed by atoms with van der Waals surface area (Å²) in [5.74, 6) is -0.324. The third-order valence-corrected chi connectivity index (χ3v) is 4.53. The van der Waals surface area contributed by atoms with Crippen LogP contribution in [0.2, 0.25) is 0 Å². The van der Waals surface area contributed by atoms with Crippen LogP contribution in [0.15, 0.2) is 39.8 Å². The van der Waals surface area contributed by atoms with Crippen molar-refractivity contribution in [2.75, 3.05) is 19.6 Å². The molecule has 26 heavy (non-hydrogen) atoms. The Balaban J connectivity index is 0.00000196. The number of halogens is 1. The third-order valence-electron chi connectivity index (χ3n) is 4.53. The van der Waals surface area contributed by atoms with Crippen molar-refractivity contribution in [2.45, 2.75) is 12.6 Å². The number of nitrogens with zero attached hydrogens (tertiary/aromatic N) is 2. The predicted octanol–water partition coefficient (Wildman–Crippen LogP) is 0.261. The van der Waals surface area contributed by atoms with Gasteiger partial charge in [0.1, 0.15) is 17.6 Å². The summed E-state index contributed by atoms with van der Waals surface area (Å²) < 4.78 is 6.82. The average molecular weight is 379 g/mol. The lowest BCUT2D eigenvalue weighted by molar-refractivity contribution is -0.122. The molecule has 0 aliphatic carbocycles. The van der Waals surface area contributed by atoms with Crippen LogP contribution < -0.4 is 16.2 Å². The van der Waals surface area contributed by atoms with Crippen molar-refractivity contribution in [1.82, 2.24) is 20.2 Å². The van der Waals surface area contributed by atoms with Gasteiger partial charge in [0.2, 0.25) is 11.5 Å². The number of rotatable bonds is 4. The fourth-order valence-corrected chi connectivity index (χ4v) is 3.11. The lowest BCUT2D eigenvalue weighted by atomic mass is 10.1. The Morgan fingerprint density at radius 1 is 1.38 bits per heavy atom. The fourth-order valence-electron chi connectivity index (χ4n) is 3.11. The minimum absolute atomic E-state index is 0. The second-order valence-corrected chi connectivity index (χ2v) is 6.24. The molecule has 2 unspecified atom stereocenters. The summed E-state index contributed by atoms with van der Waals surface area (Å²) in [6, 6.07) is 7.29. The molecule has 3 heterocycles. The number of para-hydroxylation sites is 1. The van der Waals surface area contributed by atoms with Crippen LogP contribution in [-0.4, -0.2) is 46.3 Å². The molecular weight excluding hydrogens is 360 g/mol. The molecule has 0 radical (unpaired) electrons. The van der Waals surface area contributed by atoms with Gasteiger partial charge in [-0.2, -0.15) is 0 Å². The number of aliphatic hydroxyl groups is 1. The topological polar surface area (TPSA) is 109 Å². The zero-order valence-electron chi connectivity index (χ0n) is 13.8. The maximum atomic E-state index is 12.5. The van der Waals surface area contributed by atoms with E-state index in [1.807, 2.05) is 18.2 Å². The molecule has 138 valence electrons. The quantitative estimate of drug-likeness (QED) is 0.601. The van der Waals surface area contributed by atoms with E-state index < -0.39 is 6.10 Å². The minimum atomic E-state index is -0.461. The molecule has 3 N–H and O–H groups in total. The van der Waals surface area contributed by atoms with Crippen LogP contribution in [0, 0.1) is 5.92 Å². The van der Waals surface area contributed by atoms with E-state index in [1.54, 1.807) is 6.07 Å². The maximum absolute atomic E-state index is 12.5. The minimum Gasteiger partial charge on any atom is -0.448 e. The summed E-state index contributed by atoms with van der Waals surface area (Å²) >= 11 is 0. The average Bonchev–Trinajstić information content (AvgIpc) is 3.19. The number of carbonyl (C=O) groups excluding carboxylic acids is 1. The molecule has 1 amide bonds. The highest BCUT2D eigenvalue weighted by Crippen LogP contribution is 2.23. The number of fused-ring (bicyclic) bond motifs is 3. The van der Waals surface area contributed by atoms with E-state index in [0.717, 1.165) is 5.39 Å². The van der Waals surface area contributed by atoms with E-state index in [1.165, 1.54) is 10.9 Å². The number of furan rings is 1. The van der Waals surface area contributed by atoms with Crippen LogP contribution in [0.1, 0.15) is 0 Å². The van der Waals surface area contributed by atoms with Crippen LogP contribution in [0.5, 0.6) is 0 Å². The Labute approximate surface area is 154 Å². The Kier molecular flexibility index (Phi) is 5.26. The van der Waals surface area contributed by atoms with E-state index in [4.69, 9.17) is 4.42 Å². The Morgan fingerprint density at radius 3 is 2.96 bits per heavy atom. The molecule has 9 heteroatoms. The van der Waals surface area contributed by atoms with Gasteiger partial charge in [-0.1, -0.05) is 12.1 Å². The van der Waals surface area contributed by atoms with Gasteiger partial charge in [-0.25, -0.2) is 4.98 Å². The van der Waals surface area contributed by atoms with Gasteiger partial charge >= 0.3 is 0 Å². The van der Waals surface area contributed by atoms with E-state index in [0.29, 0.717) is 30.7 Å². The van der Waals surface area contributed by atoms with E-state index >= 15 is 0 Å². The molecule has 3 aromatic rings. The van der Waals surface area contributed by atoms with Crippen molar-refractivity contribution in [3.63, 3.8) is 0 Å². The van der Waals surface area contributed by atoms with Crippen molar-refractivity contribution >= 4 is 40.4 Å². The molecule has 2 aromatic heterocycles. The number of aliphatic hydroxyl groups excluding tert-OH is 1. The van der Waals surface area contributed by atoms with Crippen molar-refractivity contribution in [3.8, 4) is 0 Å². The van der Waals surface area contributed by atoms with Crippen LogP contribution >= 0.6 is 12.4 Å². The highest BCUT2D eigenvalue weighted by atomic mass is 35.5. The maximum Gasteiger partial charge on any atom is 0.297 e. The van der Waals surface area contributed by atoms with Gasteiger partial charge in [-0.05, 0) is 12.1 Å². The highest BCUT2D eigenvalue weighted by molar-refractivity contribution is 6.01. The highest BCUT2D eigenvalue weighted by Gasteiger charge is 2.25. The summed E-state index contributed by atoms with van der Waals surface area (Å²) in [5, 5.41) is 16.3. The number of benzene rings is 1. The van der Waals surface area contributed by atoms with E-state index in [9.17, 15) is 14.7 Å². The van der Waals surface area contributed by atoms with Gasteiger partial charge < -0.3 is 20.2 Å². The molecule has 1 aliphatic rings. The van der Waals surface area contributed by atoms with Crippen LogP contribution in [-0.2, 0) is 11.3 Å². The number of carbonyl (C=O) groups is 1. The van der Waals surface area contributed by atoms with Crippen LogP contribution in [0.3, 0.4) is 0 Å². The summed E-state index contributed by atoms with van der Waals surface area (Å²) in [4.78, 5) is 28.9. The smallest absolute Gasteiger partial charge is 0.297 e. The summed E-state index contributed by atoms with van der Waals surface area (Å²) in [6.07, 6.45) is 0.898. The molecule has 4 rings (SSSR count). The van der Waals surface area contributed by atoms with Gasteiger partial charge in [0.05, 0.1) is 12.4 Å². The molecule has 8 nitrogen and oxygen atoms in total. The summed E-state index contributed by atoms with van der Waals surface area (Å²) in [7, 11) is 0. The molecule has 0 bridgehead atoms. The van der Waals surface area contributed by atoms with Gasteiger partial charge in [0.25, 0.3) is 5.56 Å². The summed E-state index contributed by atoms with van der Waals surface area (Å²) in [6.45, 7) is 1.41. The normalized spacial score (nSPS) is 19.6. The molecular formula is C17H19ClN4O4. The second kappa shape index (κ2) is 7.45. The lowest BCUT2D eigenvalue weighted by Gasteiger charge is -2.14. The molecule has 1 saturated heterocycles. The van der Waals surface area contributed by atoms with Crippen molar-refractivity contribution < 1.29 is 14.3 Å². The zero-order chi connectivity index (χ0) is 17.4. The molecule has 1 aliphatic heterocycles. The van der Waals surface area contributed by atoms with E-state index in [2.05, 4.69) is 15.6 Å². The number of β-amino-alcohol motifs (C(OH)–C–C–N with tert-alkyl or cyclic N) is 1. The van der Waals surface area contributed by atoms with E-state index in [-0.39, 0.29) is 41.9 Å². The second-order valence-electron chi connectivity index (χ2n) is 6.24. The first-order valence-corrected chi connectivity index (χ1v) is 8.15. The molecule has 1 aromatic carbocycles. The van der Waals surface area contributed by atoms with Crippen LogP contribution in [0.4, 0.5) is 0 Å². The predicted molar refractivity (Wildman–Crippen MR) is 98.4 cm³/mol. The Hall–Kier alpha value is -2.42. The first-order valence-electron chi connectivity index (χ1n) is 8.15. The summed E-state index contributed by atoms with van der Waals surface area (Å²) in [5.41, 5.74) is 0.843. The molecule has 2 atom stereocenters. The number of aromatic nitrogens is 2. The van der Waals surface area contributed by atoms with Crippen LogP contribution in [0.25, 0.3) is 22.1 Å². The standard InChI is InChI=1S/C17H18N4O4.ClH/c22-12-7-18-5-10(12)6-19-14(23)8-21-9-20-15-11-3-1-2-4-13(11)25-16(15)17(21)24;/h1-4,9-10,12,18,22H,5-8H2,(H,19,23);1H. The van der Waals surface area contributed by atoms with Crippen molar-refractivity contribution in [2.24, 2.45) is 5.92 Å². The Morgan fingerprint density at radius 2 is 2.19 bits per heavy atom. The lowest BCUT2D eigenvalue weighted by Crippen LogP contribution is -2.37.